The van der Waals surface area contributed by atoms with Crippen molar-refractivity contribution in [3.63, 3.8) is 0 Å². The molecule has 2 aliphatic heterocycles. The second kappa shape index (κ2) is 9.56. The van der Waals surface area contributed by atoms with Crippen LogP contribution in [-0.4, -0.2) is 25.0 Å². The molecular weight excluding hydrogens is 448 g/mol. The number of benzene rings is 3. The van der Waals surface area contributed by atoms with Gasteiger partial charge in [0.25, 0.3) is 5.79 Å². The van der Waals surface area contributed by atoms with E-state index < -0.39 is 11.8 Å². The van der Waals surface area contributed by atoms with Crippen molar-refractivity contribution in [3.05, 3.63) is 119 Å². The average molecular weight is 472 g/mol. The van der Waals surface area contributed by atoms with E-state index in [1.54, 1.807) is 31.4 Å². The summed E-state index contributed by atoms with van der Waals surface area (Å²) in [6, 6.07) is 24.1. The van der Waals surface area contributed by atoms with Crippen LogP contribution in [0.15, 0.2) is 102 Å². The van der Waals surface area contributed by atoms with Gasteiger partial charge in [-0.1, -0.05) is 42.5 Å². The second-order valence-corrected chi connectivity index (χ2v) is 8.12. The van der Waals surface area contributed by atoms with Crippen LogP contribution in [0.1, 0.15) is 16.7 Å². The van der Waals surface area contributed by atoms with Crippen molar-refractivity contribution in [2.24, 2.45) is 0 Å². The topological polar surface area (TPSA) is 83.5 Å². The predicted molar refractivity (Wildman–Crippen MR) is 126 cm³/mol. The molecule has 7 nitrogen and oxygen atoms in total. The maximum absolute atomic E-state index is 12.9. The molecule has 1 unspecified atom stereocenters. The molecule has 2 heterocycles. The number of carbonyl (C=O) groups excluding carboxylic acids is 1. The Morgan fingerprint density at radius 3 is 2.29 bits per heavy atom. The molecule has 7 heteroatoms. The molecule has 0 saturated heterocycles. The molecular formula is C28H24O7. The Balaban J connectivity index is 1.43. The summed E-state index contributed by atoms with van der Waals surface area (Å²) in [7, 11) is 1.56. The van der Waals surface area contributed by atoms with Crippen LogP contribution in [0, 0.1) is 0 Å². The number of carbonyl (C=O) groups is 1. The lowest BCUT2D eigenvalue weighted by molar-refractivity contribution is -0.186. The fraction of sp³-hybridized carbons (Fsp3) is 0.179. The monoisotopic (exact) mass is 472 g/mol. The molecule has 0 spiro atoms. The minimum Gasteiger partial charge on any atom is -0.497 e. The highest BCUT2D eigenvalue weighted by Gasteiger charge is 2.49. The molecule has 0 fully saturated rings. The zero-order valence-electron chi connectivity index (χ0n) is 19.1. The van der Waals surface area contributed by atoms with Gasteiger partial charge in [0, 0.05) is 17.6 Å². The van der Waals surface area contributed by atoms with Gasteiger partial charge in [-0.05, 0) is 47.5 Å². The van der Waals surface area contributed by atoms with Crippen molar-refractivity contribution in [1.29, 1.82) is 0 Å². The lowest BCUT2D eigenvalue weighted by Crippen LogP contribution is -2.29. The van der Waals surface area contributed by atoms with Crippen molar-refractivity contribution in [2.45, 2.75) is 18.8 Å². The third kappa shape index (κ3) is 4.58. The van der Waals surface area contributed by atoms with Crippen molar-refractivity contribution in [2.75, 3.05) is 13.9 Å². The summed E-state index contributed by atoms with van der Waals surface area (Å²) in [4.78, 5) is 12.9. The Morgan fingerprint density at radius 2 is 1.63 bits per heavy atom. The van der Waals surface area contributed by atoms with E-state index in [-0.39, 0.29) is 24.5 Å². The first-order valence-electron chi connectivity index (χ1n) is 11.1. The molecule has 35 heavy (non-hydrogen) atoms. The summed E-state index contributed by atoms with van der Waals surface area (Å²) in [5.74, 6) is -1.08. The first kappa shape index (κ1) is 22.6. The largest absolute Gasteiger partial charge is 0.497 e. The zero-order valence-corrected chi connectivity index (χ0v) is 19.1. The Kier molecular flexibility index (Phi) is 6.16. The van der Waals surface area contributed by atoms with Crippen LogP contribution in [-0.2, 0) is 37.8 Å². The third-order valence-corrected chi connectivity index (χ3v) is 5.91. The molecule has 0 saturated carbocycles. The summed E-state index contributed by atoms with van der Waals surface area (Å²) < 4.78 is 27.2. The summed E-state index contributed by atoms with van der Waals surface area (Å²) in [6.45, 7) is 0.453. The highest BCUT2D eigenvalue weighted by atomic mass is 16.7. The van der Waals surface area contributed by atoms with E-state index >= 15 is 0 Å². The number of ether oxygens (including phenoxy) is 5. The van der Waals surface area contributed by atoms with Crippen LogP contribution in [0.2, 0.25) is 0 Å². The fourth-order valence-electron chi connectivity index (χ4n) is 4.07. The van der Waals surface area contributed by atoms with E-state index in [2.05, 4.69) is 0 Å². The molecule has 0 radical (unpaired) electrons. The smallest absolute Gasteiger partial charge is 0.345 e. The number of rotatable bonds is 8. The van der Waals surface area contributed by atoms with Crippen LogP contribution in [0.3, 0.4) is 0 Å². The van der Waals surface area contributed by atoms with E-state index in [1.165, 1.54) is 6.26 Å². The Bertz CT molecular complexity index is 1260. The molecule has 1 atom stereocenters. The molecule has 1 N–H and O–H groups in total. The highest BCUT2D eigenvalue weighted by Crippen LogP contribution is 2.44. The molecule has 0 aliphatic carbocycles. The molecule has 3 aromatic carbocycles. The van der Waals surface area contributed by atoms with E-state index in [4.69, 9.17) is 23.7 Å². The van der Waals surface area contributed by atoms with Crippen LogP contribution in [0.4, 0.5) is 0 Å². The van der Waals surface area contributed by atoms with E-state index in [0.29, 0.717) is 29.2 Å². The van der Waals surface area contributed by atoms with Crippen LogP contribution in [0.25, 0.3) is 0 Å². The molecule has 0 bridgehead atoms. The Hall–Kier alpha value is -4.23. The quantitative estimate of drug-likeness (QED) is 0.488. The lowest BCUT2D eigenvalue weighted by atomic mass is 9.89. The molecule has 0 aromatic heterocycles. The lowest BCUT2D eigenvalue weighted by Gasteiger charge is -2.26. The first-order chi connectivity index (χ1) is 17.1. The Labute approximate surface area is 202 Å². The summed E-state index contributed by atoms with van der Waals surface area (Å²) in [5.41, 5.74) is 2.85. The van der Waals surface area contributed by atoms with Gasteiger partial charge in [0.2, 0.25) is 6.79 Å². The third-order valence-electron chi connectivity index (χ3n) is 5.91. The molecule has 178 valence electrons. The average Bonchev–Trinajstić information content (AvgIpc) is 3.51. The van der Waals surface area contributed by atoms with E-state index in [0.717, 1.165) is 11.1 Å². The van der Waals surface area contributed by atoms with Gasteiger partial charge in [-0.2, -0.15) is 0 Å². The number of aliphatic hydroxyl groups is 1. The van der Waals surface area contributed by atoms with Gasteiger partial charge in [-0.25, -0.2) is 4.79 Å². The number of methoxy groups -OCH3 is 1. The van der Waals surface area contributed by atoms with Gasteiger partial charge >= 0.3 is 5.97 Å². The van der Waals surface area contributed by atoms with Crippen LogP contribution >= 0.6 is 0 Å². The standard InChI is InChI=1S/C28H24O7/c1-31-22-13-9-21(10-14-22)28(30)24(26(27(29)35-28)25-17-32-18-34-25)15-19-7-11-23(12-8-19)33-16-20-5-3-2-4-6-20/h2-14,17,30H,15-16,18H2,1H3. The van der Waals surface area contributed by atoms with Crippen molar-refractivity contribution in [3.8, 4) is 11.5 Å². The highest BCUT2D eigenvalue weighted by molar-refractivity contribution is 5.97. The SMILES string of the molecule is COc1ccc(C2(O)OC(=O)C(C3=COCO3)=C2Cc2ccc(OCc3ccccc3)cc2)cc1. The van der Waals surface area contributed by atoms with Crippen molar-refractivity contribution >= 4 is 5.97 Å². The Morgan fingerprint density at radius 1 is 0.914 bits per heavy atom. The molecule has 3 aromatic rings. The number of hydrogen-bond donors (Lipinski definition) is 1. The zero-order chi connectivity index (χ0) is 24.3. The number of esters is 1. The first-order valence-corrected chi connectivity index (χ1v) is 11.1. The van der Waals surface area contributed by atoms with E-state index in [9.17, 15) is 9.90 Å². The minimum absolute atomic E-state index is 0.00614. The maximum Gasteiger partial charge on any atom is 0.345 e. The van der Waals surface area contributed by atoms with Crippen LogP contribution < -0.4 is 9.47 Å². The molecule has 2 aliphatic rings. The predicted octanol–water partition coefficient (Wildman–Crippen LogP) is 4.36. The second-order valence-electron chi connectivity index (χ2n) is 8.12. The van der Waals surface area contributed by atoms with Crippen molar-refractivity contribution in [1.82, 2.24) is 0 Å². The fourth-order valence-corrected chi connectivity index (χ4v) is 4.07. The van der Waals surface area contributed by atoms with Gasteiger partial charge in [0.1, 0.15) is 29.9 Å². The maximum atomic E-state index is 12.9. The van der Waals surface area contributed by atoms with Gasteiger partial charge in [-0.15, -0.1) is 0 Å². The molecule has 5 rings (SSSR count). The minimum atomic E-state index is -1.96. The van der Waals surface area contributed by atoms with Gasteiger partial charge < -0.3 is 28.8 Å². The van der Waals surface area contributed by atoms with Crippen molar-refractivity contribution < 1.29 is 33.6 Å². The van der Waals surface area contributed by atoms with Crippen LogP contribution in [0.5, 0.6) is 11.5 Å². The normalized spacial score (nSPS) is 19.0. The number of hydrogen-bond acceptors (Lipinski definition) is 7. The summed E-state index contributed by atoms with van der Waals surface area (Å²) in [5, 5.41) is 11.6. The summed E-state index contributed by atoms with van der Waals surface area (Å²) in [6.07, 6.45) is 1.60. The molecule has 0 amide bonds. The summed E-state index contributed by atoms with van der Waals surface area (Å²) >= 11 is 0. The number of cyclic esters (lactones) is 1. The van der Waals surface area contributed by atoms with Gasteiger partial charge in [0.05, 0.1) is 7.11 Å². The van der Waals surface area contributed by atoms with Gasteiger partial charge in [-0.3, -0.25) is 0 Å². The van der Waals surface area contributed by atoms with E-state index in [1.807, 2.05) is 54.6 Å². The van der Waals surface area contributed by atoms with Gasteiger partial charge in [0.15, 0.2) is 5.76 Å².